The van der Waals surface area contributed by atoms with Crippen LogP contribution in [-0.2, 0) is 10.2 Å². The zero-order valence-electron chi connectivity index (χ0n) is 17.7. The van der Waals surface area contributed by atoms with Crippen molar-refractivity contribution < 1.29 is 9.53 Å². The van der Waals surface area contributed by atoms with E-state index < -0.39 is 0 Å². The van der Waals surface area contributed by atoms with Gasteiger partial charge in [0, 0.05) is 43.1 Å². The van der Waals surface area contributed by atoms with Gasteiger partial charge in [-0.3, -0.25) is 9.78 Å². The molecule has 1 aromatic carbocycles. The Bertz CT molecular complexity index is 1020. The van der Waals surface area contributed by atoms with Crippen LogP contribution in [0.3, 0.4) is 0 Å². The minimum atomic E-state index is -0.102. The third-order valence-electron chi connectivity index (χ3n) is 5.78. The molecule has 0 bridgehead atoms. The van der Waals surface area contributed by atoms with Gasteiger partial charge in [-0.15, -0.1) is 11.3 Å². The second-order valence-corrected chi connectivity index (χ2v) is 9.13. The summed E-state index contributed by atoms with van der Waals surface area (Å²) in [5.41, 5.74) is 5.38. The molecular formula is C24H27N3O2S. The van der Waals surface area contributed by atoms with Crippen molar-refractivity contribution in [2.45, 2.75) is 39.0 Å². The smallest absolute Gasteiger partial charge is 0.263 e. The first kappa shape index (κ1) is 20.7. The van der Waals surface area contributed by atoms with Crippen molar-refractivity contribution in [2.75, 3.05) is 19.8 Å². The molecule has 0 saturated carbocycles. The number of nitrogens with zero attached hydrogens (tertiary/aromatic N) is 2. The molecule has 0 atom stereocenters. The number of benzene rings is 1. The van der Waals surface area contributed by atoms with Crippen molar-refractivity contribution in [3.8, 4) is 10.6 Å². The number of hydrogen-bond donors (Lipinski definition) is 1. The Morgan fingerprint density at radius 3 is 2.57 bits per heavy atom. The van der Waals surface area contributed by atoms with Gasteiger partial charge in [-0.05, 0) is 51.3 Å². The van der Waals surface area contributed by atoms with Crippen molar-refractivity contribution in [3.05, 3.63) is 70.0 Å². The molecule has 0 aliphatic carbocycles. The van der Waals surface area contributed by atoms with Gasteiger partial charge < -0.3 is 10.1 Å². The van der Waals surface area contributed by atoms with Crippen molar-refractivity contribution >= 4 is 17.2 Å². The molecule has 6 heteroatoms. The number of ether oxygens (including phenoxy) is 1. The second kappa shape index (κ2) is 8.66. The number of rotatable bonds is 5. The molecule has 156 valence electrons. The molecule has 1 aliphatic rings. The van der Waals surface area contributed by atoms with Crippen molar-refractivity contribution in [2.24, 2.45) is 0 Å². The molecule has 0 spiro atoms. The van der Waals surface area contributed by atoms with E-state index in [0.29, 0.717) is 24.6 Å². The summed E-state index contributed by atoms with van der Waals surface area (Å²) in [7, 11) is 0. The minimum Gasteiger partial charge on any atom is -0.381 e. The zero-order chi connectivity index (χ0) is 21.1. The van der Waals surface area contributed by atoms with E-state index in [9.17, 15) is 4.79 Å². The van der Waals surface area contributed by atoms with Crippen LogP contribution in [0.5, 0.6) is 0 Å². The average molecular weight is 422 g/mol. The Morgan fingerprint density at radius 2 is 1.90 bits per heavy atom. The lowest BCUT2D eigenvalue weighted by Gasteiger charge is -2.38. The normalized spacial score (nSPS) is 15.7. The third-order valence-corrected chi connectivity index (χ3v) is 6.99. The van der Waals surface area contributed by atoms with Gasteiger partial charge in [0.1, 0.15) is 9.88 Å². The molecule has 0 unspecified atom stereocenters. The Hall–Kier alpha value is -2.57. The number of aryl methyl sites for hydroxylation is 3. The first-order valence-corrected chi connectivity index (χ1v) is 11.1. The molecule has 4 rings (SSSR count). The summed E-state index contributed by atoms with van der Waals surface area (Å²) in [6.45, 7) is 8.17. The Labute approximate surface area is 181 Å². The van der Waals surface area contributed by atoms with E-state index in [-0.39, 0.29) is 11.3 Å². The lowest BCUT2D eigenvalue weighted by molar-refractivity contribution is 0.0487. The lowest BCUT2D eigenvalue weighted by atomic mass is 9.73. The number of hydrogen-bond acceptors (Lipinski definition) is 5. The lowest BCUT2D eigenvalue weighted by Crippen LogP contribution is -2.44. The standard InChI is InChI=1S/C24H27N3O2S/c1-16-11-17(2)13-20(12-16)24(6-9-29-10-7-24)15-26-22(28)21-18(3)27-23(30-21)19-5-4-8-25-14-19/h4-5,8,11-14H,6-7,9-10,15H2,1-3H3,(H,26,28). The summed E-state index contributed by atoms with van der Waals surface area (Å²) in [6.07, 6.45) is 5.31. The molecular weight excluding hydrogens is 394 g/mol. The first-order chi connectivity index (χ1) is 14.5. The quantitative estimate of drug-likeness (QED) is 0.653. The van der Waals surface area contributed by atoms with Gasteiger partial charge in [-0.25, -0.2) is 4.98 Å². The average Bonchev–Trinajstić information content (AvgIpc) is 3.14. The highest BCUT2D eigenvalue weighted by Crippen LogP contribution is 2.36. The number of pyridine rings is 1. The van der Waals surface area contributed by atoms with Crippen LogP contribution < -0.4 is 5.32 Å². The molecule has 5 nitrogen and oxygen atoms in total. The molecule has 3 aromatic rings. The third kappa shape index (κ3) is 4.30. The Kier molecular flexibility index (Phi) is 5.97. The molecule has 30 heavy (non-hydrogen) atoms. The van der Waals surface area contributed by atoms with Crippen LogP contribution >= 0.6 is 11.3 Å². The molecule has 1 N–H and O–H groups in total. The largest absolute Gasteiger partial charge is 0.381 e. The van der Waals surface area contributed by atoms with Gasteiger partial charge in [-0.2, -0.15) is 0 Å². The number of aromatic nitrogens is 2. The predicted molar refractivity (Wildman–Crippen MR) is 120 cm³/mol. The fourth-order valence-electron chi connectivity index (χ4n) is 4.16. The Morgan fingerprint density at radius 1 is 1.17 bits per heavy atom. The van der Waals surface area contributed by atoms with Crippen molar-refractivity contribution in [1.29, 1.82) is 0 Å². The monoisotopic (exact) mass is 421 g/mol. The van der Waals surface area contributed by atoms with Gasteiger partial charge in [0.15, 0.2) is 0 Å². The van der Waals surface area contributed by atoms with Crippen molar-refractivity contribution in [1.82, 2.24) is 15.3 Å². The number of nitrogens with one attached hydrogen (secondary N) is 1. The number of carbonyl (C=O) groups excluding carboxylic acids is 1. The molecule has 3 heterocycles. The highest BCUT2D eigenvalue weighted by atomic mass is 32.1. The van der Waals surface area contributed by atoms with Crippen LogP contribution in [0.4, 0.5) is 0 Å². The fourth-order valence-corrected chi connectivity index (χ4v) is 5.13. The number of amides is 1. The molecule has 1 amide bonds. The molecule has 1 saturated heterocycles. The first-order valence-electron chi connectivity index (χ1n) is 10.3. The predicted octanol–water partition coefficient (Wildman–Crippen LogP) is 4.61. The SMILES string of the molecule is Cc1cc(C)cc(C2(CNC(=O)c3sc(-c4cccnc4)nc3C)CCOCC2)c1. The van der Waals surface area contributed by atoms with Crippen LogP contribution in [0.1, 0.15) is 44.9 Å². The second-order valence-electron chi connectivity index (χ2n) is 8.13. The summed E-state index contributed by atoms with van der Waals surface area (Å²) < 4.78 is 5.64. The van der Waals surface area contributed by atoms with Gasteiger partial charge in [0.25, 0.3) is 5.91 Å². The van der Waals surface area contributed by atoms with Gasteiger partial charge in [0.2, 0.25) is 0 Å². The van der Waals surface area contributed by atoms with Crippen LogP contribution in [0, 0.1) is 20.8 Å². The van der Waals surface area contributed by atoms with E-state index in [2.05, 4.69) is 47.3 Å². The van der Waals surface area contributed by atoms with E-state index in [4.69, 9.17) is 4.74 Å². The van der Waals surface area contributed by atoms with Gasteiger partial charge in [0.05, 0.1) is 5.69 Å². The zero-order valence-corrected chi connectivity index (χ0v) is 18.5. The number of carbonyl (C=O) groups is 1. The molecule has 0 radical (unpaired) electrons. The summed E-state index contributed by atoms with van der Waals surface area (Å²) in [5, 5.41) is 4.03. The maximum absolute atomic E-state index is 13.1. The summed E-state index contributed by atoms with van der Waals surface area (Å²) >= 11 is 1.42. The minimum absolute atomic E-state index is 0.0598. The van der Waals surface area contributed by atoms with E-state index >= 15 is 0 Å². The summed E-state index contributed by atoms with van der Waals surface area (Å²) in [4.78, 5) is 22.5. The molecule has 1 aliphatic heterocycles. The van der Waals surface area contributed by atoms with E-state index in [1.807, 2.05) is 19.1 Å². The van der Waals surface area contributed by atoms with Gasteiger partial charge >= 0.3 is 0 Å². The van der Waals surface area contributed by atoms with E-state index in [1.54, 1.807) is 12.4 Å². The maximum Gasteiger partial charge on any atom is 0.263 e. The summed E-state index contributed by atoms with van der Waals surface area (Å²) in [5.74, 6) is -0.0598. The fraction of sp³-hybridized carbons (Fsp3) is 0.375. The van der Waals surface area contributed by atoms with Crippen LogP contribution in [0.15, 0.2) is 42.7 Å². The van der Waals surface area contributed by atoms with Gasteiger partial charge in [-0.1, -0.05) is 29.3 Å². The van der Waals surface area contributed by atoms with E-state index in [1.165, 1.54) is 28.0 Å². The molecule has 2 aromatic heterocycles. The highest BCUT2D eigenvalue weighted by molar-refractivity contribution is 7.17. The van der Waals surface area contributed by atoms with Crippen LogP contribution in [-0.4, -0.2) is 35.6 Å². The number of thiazole rings is 1. The maximum atomic E-state index is 13.1. The van der Waals surface area contributed by atoms with Crippen LogP contribution in [0.2, 0.25) is 0 Å². The van der Waals surface area contributed by atoms with Crippen LogP contribution in [0.25, 0.3) is 10.6 Å². The van der Waals surface area contributed by atoms with E-state index in [0.717, 1.165) is 29.1 Å². The molecule has 1 fully saturated rings. The topological polar surface area (TPSA) is 64.1 Å². The van der Waals surface area contributed by atoms with Crippen molar-refractivity contribution in [3.63, 3.8) is 0 Å². The highest BCUT2D eigenvalue weighted by Gasteiger charge is 2.35. The summed E-state index contributed by atoms with van der Waals surface area (Å²) in [6, 6.07) is 10.5. The Balaban J connectivity index is 1.56.